The van der Waals surface area contributed by atoms with Gasteiger partial charge in [0.25, 0.3) is 5.69 Å². The molecule has 0 aliphatic heterocycles. The van der Waals surface area contributed by atoms with Crippen LogP contribution in [0.15, 0.2) is 23.1 Å². The molecule has 0 saturated heterocycles. The van der Waals surface area contributed by atoms with Gasteiger partial charge in [0.2, 0.25) is 0 Å². The van der Waals surface area contributed by atoms with Crippen molar-refractivity contribution in [2.45, 2.75) is 11.8 Å². The van der Waals surface area contributed by atoms with Gasteiger partial charge in [-0.1, -0.05) is 24.6 Å². The molecule has 82 valence electrons. The van der Waals surface area contributed by atoms with Crippen LogP contribution in [-0.4, -0.2) is 19.1 Å². The highest BCUT2D eigenvalue weighted by molar-refractivity contribution is 7.91. The summed E-state index contributed by atoms with van der Waals surface area (Å²) in [6.45, 7) is 1.41. The second-order valence-electron chi connectivity index (χ2n) is 2.75. The molecule has 0 N–H and O–H groups in total. The highest BCUT2D eigenvalue weighted by Crippen LogP contribution is 2.31. The quantitative estimate of drug-likeness (QED) is 0.607. The number of rotatable bonds is 3. The lowest BCUT2D eigenvalue weighted by atomic mass is 10.3. The van der Waals surface area contributed by atoms with Gasteiger partial charge in [0.05, 0.1) is 15.7 Å². The first-order chi connectivity index (χ1) is 6.90. The maximum Gasteiger partial charge on any atom is 0.289 e. The number of nitrogens with zero attached hydrogens (tertiary/aromatic N) is 1. The van der Waals surface area contributed by atoms with Crippen LogP contribution >= 0.6 is 11.6 Å². The lowest BCUT2D eigenvalue weighted by molar-refractivity contribution is -0.387. The van der Waals surface area contributed by atoms with Gasteiger partial charge in [-0.25, -0.2) is 8.42 Å². The number of hydrogen-bond acceptors (Lipinski definition) is 4. The van der Waals surface area contributed by atoms with Crippen LogP contribution in [0.5, 0.6) is 0 Å². The average Bonchev–Trinajstić information content (AvgIpc) is 2.17. The summed E-state index contributed by atoms with van der Waals surface area (Å²) in [6.07, 6.45) is 0. The molecule has 5 nitrogen and oxygen atoms in total. The lowest BCUT2D eigenvalue weighted by Gasteiger charge is -2.04. The van der Waals surface area contributed by atoms with E-state index in [9.17, 15) is 18.5 Å². The number of nitro benzene ring substituents is 1. The van der Waals surface area contributed by atoms with Crippen molar-refractivity contribution in [1.82, 2.24) is 0 Å². The molecule has 0 amide bonds. The Morgan fingerprint density at radius 3 is 2.53 bits per heavy atom. The summed E-state index contributed by atoms with van der Waals surface area (Å²) >= 11 is 5.65. The zero-order chi connectivity index (χ0) is 11.6. The Kier molecular flexibility index (Phi) is 3.31. The van der Waals surface area contributed by atoms with Crippen molar-refractivity contribution in [2.75, 3.05) is 5.75 Å². The molecule has 0 aromatic heterocycles. The summed E-state index contributed by atoms with van der Waals surface area (Å²) in [5.74, 6) is -0.225. The van der Waals surface area contributed by atoms with Crippen LogP contribution in [0.4, 0.5) is 5.69 Å². The van der Waals surface area contributed by atoms with Gasteiger partial charge in [-0.15, -0.1) is 0 Å². The number of hydrogen-bond donors (Lipinski definition) is 0. The minimum Gasteiger partial charge on any atom is -0.258 e. The first kappa shape index (κ1) is 11.9. The van der Waals surface area contributed by atoms with Crippen molar-refractivity contribution in [2.24, 2.45) is 0 Å². The SMILES string of the molecule is CCS(=O)(=O)c1c(Cl)cccc1[N+](=O)[O-]. The molecule has 1 aromatic rings. The lowest BCUT2D eigenvalue weighted by Crippen LogP contribution is -2.07. The highest BCUT2D eigenvalue weighted by Gasteiger charge is 2.26. The van der Waals surface area contributed by atoms with Gasteiger partial charge in [0.1, 0.15) is 0 Å². The van der Waals surface area contributed by atoms with E-state index >= 15 is 0 Å². The van der Waals surface area contributed by atoms with Crippen molar-refractivity contribution < 1.29 is 13.3 Å². The first-order valence-corrected chi connectivity index (χ1v) is 6.09. The largest absolute Gasteiger partial charge is 0.289 e. The molecule has 0 saturated carbocycles. The van der Waals surface area contributed by atoms with E-state index in [-0.39, 0.29) is 10.8 Å². The molecule has 0 bridgehead atoms. The zero-order valence-electron chi connectivity index (χ0n) is 7.81. The molecule has 0 unspecified atom stereocenters. The summed E-state index contributed by atoms with van der Waals surface area (Å²) in [4.78, 5) is 9.46. The minimum atomic E-state index is -3.68. The summed E-state index contributed by atoms with van der Waals surface area (Å²) in [6, 6.07) is 3.78. The van der Waals surface area contributed by atoms with Gasteiger partial charge >= 0.3 is 0 Å². The molecule has 0 aliphatic carbocycles. The van der Waals surface area contributed by atoms with Gasteiger partial charge in [-0.05, 0) is 6.07 Å². The Balaban J connectivity index is 3.59. The first-order valence-electron chi connectivity index (χ1n) is 4.05. The van der Waals surface area contributed by atoms with Crippen LogP contribution in [0.2, 0.25) is 5.02 Å². The number of sulfone groups is 1. The molecule has 0 fully saturated rings. The van der Waals surface area contributed by atoms with Crippen LogP contribution in [-0.2, 0) is 9.84 Å². The van der Waals surface area contributed by atoms with E-state index in [1.165, 1.54) is 19.1 Å². The fraction of sp³-hybridized carbons (Fsp3) is 0.250. The second-order valence-corrected chi connectivity index (χ2v) is 5.37. The Hall–Kier alpha value is -1.14. The third kappa shape index (κ3) is 2.27. The minimum absolute atomic E-state index is 0.119. The van der Waals surface area contributed by atoms with Gasteiger partial charge in [-0.3, -0.25) is 10.1 Å². The Morgan fingerprint density at radius 1 is 1.47 bits per heavy atom. The second kappa shape index (κ2) is 4.16. The average molecular weight is 250 g/mol. The van der Waals surface area contributed by atoms with E-state index in [0.29, 0.717) is 0 Å². The van der Waals surface area contributed by atoms with Crippen molar-refractivity contribution >= 4 is 27.1 Å². The molecule has 0 aliphatic rings. The maximum atomic E-state index is 11.6. The number of benzene rings is 1. The fourth-order valence-electron chi connectivity index (χ4n) is 1.09. The van der Waals surface area contributed by atoms with Crippen LogP contribution in [0.3, 0.4) is 0 Å². The van der Waals surface area contributed by atoms with E-state index in [4.69, 9.17) is 11.6 Å². The van der Waals surface area contributed by atoms with E-state index in [1.54, 1.807) is 0 Å². The van der Waals surface area contributed by atoms with Crippen LogP contribution in [0.1, 0.15) is 6.92 Å². The van der Waals surface area contributed by atoms with Gasteiger partial charge in [0.15, 0.2) is 14.7 Å². The summed E-state index contributed by atoms with van der Waals surface area (Å²) in [5.41, 5.74) is -0.482. The smallest absolute Gasteiger partial charge is 0.258 e. The molecule has 7 heteroatoms. The molecule has 1 aromatic carbocycles. The topological polar surface area (TPSA) is 77.3 Å². The van der Waals surface area contributed by atoms with Crippen molar-refractivity contribution in [3.8, 4) is 0 Å². The van der Waals surface area contributed by atoms with Crippen LogP contribution in [0, 0.1) is 10.1 Å². The van der Waals surface area contributed by atoms with E-state index < -0.39 is 25.3 Å². The summed E-state index contributed by atoms with van der Waals surface area (Å²) < 4.78 is 23.1. The third-order valence-electron chi connectivity index (χ3n) is 1.83. The Labute approximate surface area is 91.7 Å². The number of halogens is 1. The van der Waals surface area contributed by atoms with Gasteiger partial charge in [-0.2, -0.15) is 0 Å². The molecule has 1 rings (SSSR count). The van der Waals surface area contributed by atoms with Crippen molar-refractivity contribution in [1.29, 1.82) is 0 Å². The Morgan fingerprint density at radius 2 is 2.07 bits per heavy atom. The summed E-state index contributed by atoms with van der Waals surface area (Å²) in [7, 11) is -3.68. The van der Waals surface area contributed by atoms with Crippen LogP contribution in [0.25, 0.3) is 0 Å². The molecular formula is C8H8ClNO4S. The number of nitro groups is 1. The maximum absolute atomic E-state index is 11.6. The van der Waals surface area contributed by atoms with Crippen LogP contribution < -0.4 is 0 Å². The highest BCUT2D eigenvalue weighted by atomic mass is 35.5. The molecule has 0 heterocycles. The third-order valence-corrected chi connectivity index (χ3v) is 4.07. The van der Waals surface area contributed by atoms with E-state index in [0.717, 1.165) is 6.07 Å². The normalized spacial score (nSPS) is 11.3. The zero-order valence-corrected chi connectivity index (χ0v) is 9.38. The van der Waals surface area contributed by atoms with Gasteiger partial charge < -0.3 is 0 Å². The molecule has 0 radical (unpaired) electrons. The fourth-order valence-corrected chi connectivity index (χ4v) is 2.73. The van der Waals surface area contributed by atoms with E-state index in [1.807, 2.05) is 0 Å². The van der Waals surface area contributed by atoms with Crippen molar-refractivity contribution in [3.63, 3.8) is 0 Å². The predicted molar refractivity (Wildman–Crippen MR) is 55.8 cm³/mol. The summed E-state index contributed by atoms with van der Waals surface area (Å²) in [5, 5.41) is 10.5. The van der Waals surface area contributed by atoms with E-state index in [2.05, 4.69) is 0 Å². The molecular weight excluding hydrogens is 242 g/mol. The monoisotopic (exact) mass is 249 g/mol. The van der Waals surface area contributed by atoms with Gasteiger partial charge in [0, 0.05) is 6.07 Å². The predicted octanol–water partition coefficient (Wildman–Crippen LogP) is 2.04. The van der Waals surface area contributed by atoms with Crippen molar-refractivity contribution in [3.05, 3.63) is 33.3 Å². The standard InChI is InChI=1S/C8H8ClNO4S/c1-2-15(13,14)8-6(9)4-3-5-7(8)10(11)12/h3-5H,2H2,1H3. The molecule has 15 heavy (non-hydrogen) atoms. The Bertz CT molecular complexity index is 497. The molecule has 0 spiro atoms. The molecule has 0 atom stereocenters.